The molecule has 0 spiro atoms. The van der Waals surface area contributed by atoms with Crippen LogP contribution in [-0.4, -0.2) is 14.9 Å². The first-order valence-electron chi connectivity index (χ1n) is 9.05. The first-order chi connectivity index (χ1) is 13.7. The summed E-state index contributed by atoms with van der Waals surface area (Å²) in [6.45, 7) is 7.46. The van der Waals surface area contributed by atoms with Crippen molar-refractivity contribution in [3.05, 3.63) is 95.5 Å². The van der Waals surface area contributed by atoms with Crippen molar-refractivity contribution in [2.45, 2.75) is 27.7 Å². The number of aryl methyl sites for hydroxylation is 4. The Morgan fingerprint density at radius 3 is 1.86 bits per heavy atom. The molecule has 0 unspecified atom stereocenters. The van der Waals surface area contributed by atoms with E-state index in [-0.39, 0.29) is 16.8 Å². The van der Waals surface area contributed by atoms with Gasteiger partial charge in [0.25, 0.3) is 5.69 Å². The fourth-order valence-electron chi connectivity index (χ4n) is 3.38. The van der Waals surface area contributed by atoms with Crippen molar-refractivity contribution in [2.24, 2.45) is 0 Å². The van der Waals surface area contributed by atoms with Gasteiger partial charge in [0.05, 0.1) is 16.0 Å². The van der Waals surface area contributed by atoms with Crippen molar-refractivity contribution in [3.8, 4) is 0 Å². The van der Waals surface area contributed by atoms with Crippen LogP contribution in [0.5, 0.6) is 0 Å². The molecule has 29 heavy (non-hydrogen) atoms. The van der Waals surface area contributed by atoms with Gasteiger partial charge in [-0.05, 0) is 49.9 Å². The molecular formula is C22H21N3O4. The Kier molecular flexibility index (Phi) is 5.32. The maximum atomic E-state index is 11.3. The quantitative estimate of drug-likeness (QED) is 0.374. The fourth-order valence-corrected chi connectivity index (χ4v) is 3.38. The summed E-state index contributed by atoms with van der Waals surface area (Å²) in [6.07, 6.45) is 0. The van der Waals surface area contributed by atoms with Gasteiger partial charge in [-0.25, -0.2) is 0 Å². The lowest BCUT2D eigenvalue weighted by Crippen LogP contribution is -2.06. The van der Waals surface area contributed by atoms with Crippen molar-refractivity contribution in [2.75, 3.05) is 0 Å². The summed E-state index contributed by atoms with van der Waals surface area (Å²) in [5, 5.41) is 12.5. The third-order valence-corrected chi connectivity index (χ3v) is 4.85. The minimum Gasteiger partial charge on any atom is -0.322 e. The zero-order valence-corrected chi connectivity index (χ0v) is 16.6. The molecule has 148 valence electrons. The highest BCUT2D eigenvalue weighted by atomic mass is 16.6. The second kappa shape index (κ2) is 7.71. The van der Waals surface area contributed by atoms with Gasteiger partial charge in [0.1, 0.15) is 0 Å². The molecule has 4 rings (SSSR count). The first-order valence-corrected chi connectivity index (χ1v) is 9.05. The molecular weight excluding hydrogens is 370 g/mol. The Bertz CT molecular complexity index is 1370. The normalized spacial score (nSPS) is 10.6. The van der Waals surface area contributed by atoms with Gasteiger partial charge in [0, 0.05) is 35.0 Å². The van der Waals surface area contributed by atoms with E-state index in [0.717, 1.165) is 27.6 Å². The van der Waals surface area contributed by atoms with Crippen LogP contribution in [0, 0.1) is 37.8 Å². The number of hydrogen-bond acceptors (Lipinski definition) is 4. The highest BCUT2D eigenvalue weighted by Crippen LogP contribution is 2.24. The van der Waals surface area contributed by atoms with E-state index in [0.29, 0.717) is 16.5 Å². The molecule has 0 aliphatic rings. The van der Waals surface area contributed by atoms with Gasteiger partial charge in [0.15, 0.2) is 0 Å². The van der Waals surface area contributed by atoms with E-state index in [9.17, 15) is 19.7 Å². The number of nitrogens with zero attached hydrogens (tertiary/aromatic N) is 1. The molecule has 0 atom stereocenters. The average molecular weight is 391 g/mol. The van der Waals surface area contributed by atoms with E-state index in [2.05, 4.69) is 9.97 Å². The molecule has 0 amide bonds. The number of non-ortho nitro benzene ring substituents is 1. The molecule has 7 heteroatoms. The SMILES string of the molecule is Cc1cc(=O)[nH]c2c(C)cc([N+](=O)[O-])cc12.Cc1cc(=O)[nH]c2c(C)cccc12. The first kappa shape index (κ1) is 20.0. The molecule has 7 nitrogen and oxygen atoms in total. The molecule has 0 saturated heterocycles. The Labute approximate surface area is 166 Å². The smallest absolute Gasteiger partial charge is 0.270 e. The van der Waals surface area contributed by atoms with E-state index in [1.165, 1.54) is 18.2 Å². The van der Waals surface area contributed by atoms with Crippen LogP contribution in [0.25, 0.3) is 21.8 Å². The number of para-hydroxylation sites is 1. The number of fused-ring (bicyclic) bond motifs is 2. The third-order valence-electron chi connectivity index (χ3n) is 4.85. The summed E-state index contributed by atoms with van der Waals surface area (Å²) in [5.74, 6) is 0. The monoisotopic (exact) mass is 391 g/mol. The van der Waals surface area contributed by atoms with Crippen LogP contribution < -0.4 is 11.1 Å². The molecule has 0 aliphatic heterocycles. The molecule has 2 heterocycles. The molecule has 2 aromatic heterocycles. The Morgan fingerprint density at radius 2 is 1.28 bits per heavy atom. The van der Waals surface area contributed by atoms with E-state index < -0.39 is 4.92 Å². The van der Waals surface area contributed by atoms with Gasteiger partial charge in [-0.1, -0.05) is 18.2 Å². The maximum Gasteiger partial charge on any atom is 0.270 e. The van der Waals surface area contributed by atoms with Crippen LogP contribution in [0.3, 0.4) is 0 Å². The largest absolute Gasteiger partial charge is 0.322 e. The average Bonchev–Trinajstić information content (AvgIpc) is 2.64. The summed E-state index contributed by atoms with van der Waals surface area (Å²) in [7, 11) is 0. The molecule has 2 N–H and O–H groups in total. The number of nitrogens with one attached hydrogen (secondary N) is 2. The molecule has 0 radical (unpaired) electrons. The number of benzene rings is 2. The Morgan fingerprint density at radius 1 is 0.724 bits per heavy atom. The predicted octanol–water partition coefficient (Wildman–Crippen LogP) is 4.20. The van der Waals surface area contributed by atoms with Crippen molar-refractivity contribution in [1.82, 2.24) is 9.97 Å². The zero-order chi connectivity index (χ0) is 21.3. The summed E-state index contributed by atoms with van der Waals surface area (Å²) in [4.78, 5) is 38.3. The molecule has 0 fully saturated rings. The summed E-state index contributed by atoms with van der Waals surface area (Å²) >= 11 is 0. The van der Waals surface area contributed by atoms with Crippen LogP contribution >= 0.6 is 0 Å². The van der Waals surface area contributed by atoms with Gasteiger partial charge in [-0.15, -0.1) is 0 Å². The van der Waals surface area contributed by atoms with Gasteiger partial charge in [0.2, 0.25) is 11.1 Å². The summed E-state index contributed by atoms with van der Waals surface area (Å²) in [6, 6.07) is 12.0. The summed E-state index contributed by atoms with van der Waals surface area (Å²) in [5.41, 5.74) is 5.01. The summed E-state index contributed by atoms with van der Waals surface area (Å²) < 4.78 is 0. The Balaban J connectivity index is 0.000000169. The minimum atomic E-state index is -0.434. The zero-order valence-electron chi connectivity index (χ0n) is 16.6. The molecule has 4 aromatic rings. The predicted molar refractivity (Wildman–Crippen MR) is 115 cm³/mol. The van der Waals surface area contributed by atoms with Crippen LogP contribution in [0.2, 0.25) is 0 Å². The molecule has 0 saturated carbocycles. The lowest BCUT2D eigenvalue weighted by molar-refractivity contribution is -0.384. The number of aromatic nitrogens is 2. The number of nitro groups is 1. The number of H-pyrrole nitrogens is 2. The van der Waals surface area contributed by atoms with Gasteiger partial charge < -0.3 is 9.97 Å². The van der Waals surface area contributed by atoms with Crippen molar-refractivity contribution < 1.29 is 4.92 Å². The topological polar surface area (TPSA) is 109 Å². The van der Waals surface area contributed by atoms with Gasteiger partial charge >= 0.3 is 0 Å². The maximum absolute atomic E-state index is 11.3. The van der Waals surface area contributed by atoms with Crippen molar-refractivity contribution >= 4 is 27.5 Å². The highest BCUT2D eigenvalue weighted by Gasteiger charge is 2.11. The van der Waals surface area contributed by atoms with Crippen LogP contribution in [0.15, 0.2) is 52.1 Å². The second-order valence-electron chi connectivity index (χ2n) is 7.07. The Hall–Kier alpha value is -3.74. The van der Waals surface area contributed by atoms with Gasteiger partial charge in [-0.2, -0.15) is 0 Å². The second-order valence-corrected chi connectivity index (χ2v) is 7.07. The van der Waals surface area contributed by atoms with E-state index >= 15 is 0 Å². The van der Waals surface area contributed by atoms with E-state index in [1.54, 1.807) is 19.9 Å². The number of pyridine rings is 2. The lowest BCUT2D eigenvalue weighted by atomic mass is 10.1. The number of aromatic amines is 2. The van der Waals surface area contributed by atoms with Gasteiger partial charge in [-0.3, -0.25) is 19.7 Å². The number of hydrogen-bond donors (Lipinski definition) is 2. The van der Waals surface area contributed by atoms with Crippen molar-refractivity contribution in [1.29, 1.82) is 0 Å². The highest BCUT2D eigenvalue weighted by molar-refractivity contribution is 5.87. The minimum absolute atomic E-state index is 0.0284. The molecule has 2 aromatic carbocycles. The third kappa shape index (κ3) is 4.08. The number of rotatable bonds is 1. The number of nitro benzene ring substituents is 1. The van der Waals surface area contributed by atoms with Crippen molar-refractivity contribution in [3.63, 3.8) is 0 Å². The van der Waals surface area contributed by atoms with E-state index in [1.807, 2.05) is 32.0 Å². The standard InChI is InChI=1S/C11H10N2O3.C11H11NO/c1-6-4-10(14)12-11-7(2)3-8(13(15)16)5-9(6)11;1-7-4-3-5-9-8(2)6-10(13)12-11(7)9/h3-5H,1-2H3,(H,12,14);3-6H,1-2H3,(H,12,13). The van der Waals surface area contributed by atoms with Crippen LogP contribution in [0.4, 0.5) is 5.69 Å². The lowest BCUT2D eigenvalue weighted by Gasteiger charge is -2.04. The van der Waals surface area contributed by atoms with Crippen LogP contribution in [0.1, 0.15) is 22.3 Å². The molecule has 0 aliphatic carbocycles. The fraction of sp³-hybridized carbons (Fsp3) is 0.182. The molecule has 0 bridgehead atoms. The van der Waals surface area contributed by atoms with E-state index in [4.69, 9.17) is 0 Å². The van der Waals surface area contributed by atoms with Crippen LogP contribution in [-0.2, 0) is 0 Å².